The molecule has 0 saturated heterocycles. The molecule has 5 aromatic carbocycles. The summed E-state index contributed by atoms with van der Waals surface area (Å²) < 4.78 is 0. The molecule has 0 saturated carbocycles. The zero-order chi connectivity index (χ0) is 40.1. The molecule has 0 amide bonds. The fraction of sp³-hybridized carbons (Fsp3) is 0. The van der Waals surface area contributed by atoms with Crippen molar-refractivity contribution >= 4 is 0 Å². The Morgan fingerprint density at radius 2 is 0.650 bits per heavy atom. The first-order valence-electron chi connectivity index (χ1n) is 19.3. The van der Waals surface area contributed by atoms with E-state index in [0.717, 1.165) is 55.8 Å². The van der Waals surface area contributed by atoms with Crippen LogP contribution in [0.15, 0.2) is 195 Å². The molecule has 0 atom stereocenters. The second-order valence-corrected chi connectivity index (χ2v) is 13.8. The summed E-state index contributed by atoms with van der Waals surface area (Å²) in [6.45, 7) is 0. The highest BCUT2D eigenvalue weighted by molar-refractivity contribution is 5.94. The third kappa shape index (κ3) is 7.39. The maximum Gasteiger partial charge on any atom is 0.182 e. The van der Waals surface area contributed by atoms with Gasteiger partial charge in [0.05, 0.1) is 5.69 Å². The van der Waals surface area contributed by atoms with E-state index >= 15 is 0 Å². The highest BCUT2D eigenvalue weighted by Crippen LogP contribution is 2.40. The van der Waals surface area contributed by atoms with Crippen molar-refractivity contribution in [3.05, 3.63) is 195 Å². The summed E-state index contributed by atoms with van der Waals surface area (Å²) in [4.78, 5) is 47.1. The zero-order valence-electron chi connectivity index (χ0n) is 31.9. The van der Waals surface area contributed by atoms with Gasteiger partial charge in [-0.05, 0) is 52.6 Å². The molecule has 0 unspecified atom stereocenters. The molecule has 0 aliphatic rings. The van der Waals surface area contributed by atoms with Crippen LogP contribution in [0.5, 0.6) is 0 Å². The number of pyridine rings is 2. The first-order valence-corrected chi connectivity index (χ1v) is 19.3. The number of rotatable bonds is 9. The van der Waals surface area contributed by atoms with Crippen molar-refractivity contribution in [3.8, 4) is 102 Å². The second-order valence-electron chi connectivity index (χ2n) is 13.8. The molecule has 10 aromatic rings. The Kier molecular flexibility index (Phi) is 9.67. The fourth-order valence-electron chi connectivity index (χ4n) is 7.01. The number of hydrogen-bond acceptors (Lipinski definition) is 10. The van der Waals surface area contributed by atoms with Crippen LogP contribution < -0.4 is 0 Å². The molecular formula is C50H32N10. The van der Waals surface area contributed by atoms with E-state index in [1.165, 1.54) is 0 Å². The van der Waals surface area contributed by atoms with Crippen LogP contribution in [0, 0.1) is 0 Å². The van der Waals surface area contributed by atoms with Crippen molar-refractivity contribution in [2.75, 3.05) is 0 Å². The Bertz CT molecular complexity index is 2740. The molecule has 10 nitrogen and oxygen atoms in total. The van der Waals surface area contributed by atoms with Crippen LogP contribution in [0.3, 0.4) is 0 Å². The van der Waals surface area contributed by atoms with Crippen molar-refractivity contribution in [2.24, 2.45) is 0 Å². The molecule has 10 heteroatoms. The SMILES string of the molecule is c1ccc(-c2nc(-c3ccc(-c4cccc(-c5ccc(-c6nc(-c7ccccc7)nc(-c7ccccn7)n6)cc5)c4-c4ccncn4)cc3)nc(-c3ccccn3)n2)cc1. The smallest absolute Gasteiger partial charge is 0.182 e. The van der Waals surface area contributed by atoms with Crippen molar-refractivity contribution < 1.29 is 0 Å². The van der Waals surface area contributed by atoms with Crippen LogP contribution >= 0.6 is 0 Å². The maximum atomic E-state index is 4.91. The number of benzene rings is 5. The van der Waals surface area contributed by atoms with Gasteiger partial charge in [-0.15, -0.1) is 0 Å². The van der Waals surface area contributed by atoms with Crippen LogP contribution in [0.4, 0.5) is 0 Å². The Labute approximate surface area is 345 Å². The predicted molar refractivity (Wildman–Crippen MR) is 233 cm³/mol. The topological polar surface area (TPSA) is 129 Å². The van der Waals surface area contributed by atoms with E-state index in [0.29, 0.717) is 46.3 Å². The predicted octanol–water partition coefficient (Wildman–Crippen LogP) is 10.6. The van der Waals surface area contributed by atoms with E-state index in [-0.39, 0.29) is 0 Å². The van der Waals surface area contributed by atoms with Crippen molar-refractivity contribution in [3.63, 3.8) is 0 Å². The second kappa shape index (κ2) is 16.2. The summed E-state index contributed by atoms with van der Waals surface area (Å²) >= 11 is 0. The molecule has 282 valence electrons. The summed E-state index contributed by atoms with van der Waals surface area (Å²) in [5.74, 6) is 3.29. The number of aromatic nitrogens is 10. The lowest BCUT2D eigenvalue weighted by atomic mass is 9.89. The largest absolute Gasteiger partial charge is 0.253 e. The first-order chi connectivity index (χ1) is 29.7. The van der Waals surface area contributed by atoms with E-state index in [2.05, 4.69) is 57.4 Å². The Morgan fingerprint density at radius 1 is 0.250 bits per heavy atom. The van der Waals surface area contributed by atoms with Gasteiger partial charge in [0.25, 0.3) is 0 Å². The van der Waals surface area contributed by atoms with Gasteiger partial charge in [-0.3, -0.25) is 9.97 Å². The molecule has 0 aliphatic heterocycles. The van der Waals surface area contributed by atoms with Crippen LogP contribution in [-0.2, 0) is 0 Å². The van der Waals surface area contributed by atoms with Gasteiger partial charge in [-0.2, -0.15) is 0 Å². The summed E-state index contributed by atoms with van der Waals surface area (Å²) in [5.41, 5.74) is 10.7. The minimum absolute atomic E-state index is 0.508. The Morgan fingerprint density at radius 3 is 1.05 bits per heavy atom. The highest BCUT2D eigenvalue weighted by Gasteiger charge is 2.18. The molecule has 0 radical (unpaired) electrons. The van der Waals surface area contributed by atoms with E-state index < -0.39 is 0 Å². The summed E-state index contributed by atoms with van der Waals surface area (Å²) in [6, 6.07) is 56.1. The third-order valence-electron chi connectivity index (χ3n) is 9.93. The Hall–Kier alpha value is -8.50. The van der Waals surface area contributed by atoms with E-state index in [4.69, 9.17) is 34.9 Å². The molecule has 0 aliphatic carbocycles. The average molecular weight is 773 g/mol. The zero-order valence-corrected chi connectivity index (χ0v) is 31.9. The standard InChI is InChI=1S/C50H32N10/c1-3-12-35(13-4-1)45-55-47(59-49(57-45)42-18-7-9-29-52-42)37-24-20-33(21-25-37)39-16-11-17-40(44(39)41-28-31-51-32-54-41)34-22-26-38(27-23-34)48-56-46(36-14-5-2-6-15-36)58-50(60-48)43-19-8-10-30-53-43/h1-32H. The van der Waals surface area contributed by atoms with Crippen molar-refractivity contribution in [2.45, 2.75) is 0 Å². The summed E-state index contributed by atoms with van der Waals surface area (Å²) in [6.07, 6.45) is 6.83. The van der Waals surface area contributed by atoms with Gasteiger partial charge in [-0.1, -0.05) is 140 Å². The molecule has 5 heterocycles. The molecule has 0 N–H and O–H groups in total. The van der Waals surface area contributed by atoms with Gasteiger partial charge in [0.15, 0.2) is 34.9 Å². The van der Waals surface area contributed by atoms with E-state index in [1.807, 2.05) is 127 Å². The van der Waals surface area contributed by atoms with Crippen LogP contribution in [0.25, 0.3) is 102 Å². The third-order valence-corrected chi connectivity index (χ3v) is 9.93. The fourth-order valence-corrected chi connectivity index (χ4v) is 7.01. The van der Waals surface area contributed by atoms with Crippen molar-refractivity contribution in [1.29, 1.82) is 0 Å². The van der Waals surface area contributed by atoms with Crippen LogP contribution in [0.1, 0.15) is 0 Å². The number of nitrogens with zero attached hydrogens (tertiary/aromatic N) is 10. The van der Waals surface area contributed by atoms with Gasteiger partial charge in [0.1, 0.15) is 17.7 Å². The quantitative estimate of drug-likeness (QED) is 0.140. The van der Waals surface area contributed by atoms with E-state index in [1.54, 1.807) is 24.9 Å². The normalized spacial score (nSPS) is 11.0. The molecule has 60 heavy (non-hydrogen) atoms. The van der Waals surface area contributed by atoms with Crippen LogP contribution in [0.2, 0.25) is 0 Å². The molecular weight excluding hydrogens is 741 g/mol. The average Bonchev–Trinajstić information content (AvgIpc) is 3.35. The monoisotopic (exact) mass is 772 g/mol. The Balaban J connectivity index is 1.03. The molecule has 5 aromatic heterocycles. The minimum Gasteiger partial charge on any atom is -0.253 e. The van der Waals surface area contributed by atoms with Gasteiger partial charge >= 0.3 is 0 Å². The van der Waals surface area contributed by atoms with Gasteiger partial charge < -0.3 is 0 Å². The lowest BCUT2D eigenvalue weighted by molar-refractivity contribution is 1.06. The minimum atomic E-state index is 0.508. The summed E-state index contributed by atoms with van der Waals surface area (Å²) in [5, 5.41) is 0. The lowest BCUT2D eigenvalue weighted by Gasteiger charge is -2.16. The highest BCUT2D eigenvalue weighted by atomic mass is 15.1. The van der Waals surface area contributed by atoms with Gasteiger partial charge in [0.2, 0.25) is 0 Å². The van der Waals surface area contributed by atoms with Gasteiger partial charge in [-0.25, -0.2) is 39.9 Å². The maximum absolute atomic E-state index is 4.91. The van der Waals surface area contributed by atoms with E-state index in [9.17, 15) is 0 Å². The van der Waals surface area contributed by atoms with Gasteiger partial charge in [0, 0.05) is 46.4 Å². The lowest BCUT2D eigenvalue weighted by Crippen LogP contribution is -2.01. The van der Waals surface area contributed by atoms with Crippen LogP contribution in [-0.4, -0.2) is 49.8 Å². The summed E-state index contributed by atoms with van der Waals surface area (Å²) in [7, 11) is 0. The molecule has 10 rings (SSSR count). The van der Waals surface area contributed by atoms with Crippen molar-refractivity contribution in [1.82, 2.24) is 49.8 Å². The number of hydrogen-bond donors (Lipinski definition) is 0. The molecule has 0 fully saturated rings. The molecule has 0 spiro atoms. The molecule has 0 bridgehead atoms. The first kappa shape index (κ1) is 35.9.